The van der Waals surface area contributed by atoms with Crippen molar-refractivity contribution < 1.29 is 23.7 Å². The maximum absolute atomic E-state index is 13.5. The summed E-state index contributed by atoms with van der Waals surface area (Å²) >= 11 is 0. The fraction of sp³-hybridized carbons (Fsp3) is 0.522. The molecule has 2 fully saturated rings. The molecule has 1 aromatic carbocycles. The van der Waals surface area contributed by atoms with Gasteiger partial charge < -0.3 is 19.0 Å². The Bertz CT molecular complexity index is 1030. The van der Waals surface area contributed by atoms with Gasteiger partial charge in [-0.3, -0.25) is 14.9 Å². The minimum absolute atomic E-state index is 0.0308. The van der Waals surface area contributed by atoms with Crippen LogP contribution in [0.15, 0.2) is 35.2 Å². The van der Waals surface area contributed by atoms with Crippen LogP contribution in [0.4, 0.5) is 10.5 Å². The van der Waals surface area contributed by atoms with Crippen LogP contribution in [-0.4, -0.2) is 62.5 Å². The number of likely N-dealkylation sites (tertiary alicyclic amines) is 1. The number of oxazole rings is 1. The predicted molar refractivity (Wildman–Crippen MR) is 119 cm³/mol. The summed E-state index contributed by atoms with van der Waals surface area (Å²) in [7, 11) is 0. The zero-order valence-electron chi connectivity index (χ0n) is 19.0. The number of rotatable bonds is 5. The number of nitro groups is 1. The Morgan fingerprint density at radius 2 is 1.85 bits per heavy atom. The Labute approximate surface area is 191 Å². The number of ether oxygens (including phenoxy) is 1. The first kappa shape index (κ1) is 22.8. The SMILES string of the molecule is CC(C)(C)OC(=O)N1CCC(N(C(=O)c2ccc(-c3cnco3)c([N+](=O)[O-])c2)C2CC2)CC1. The van der Waals surface area contributed by atoms with Crippen molar-refractivity contribution in [3.63, 3.8) is 0 Å². The van der Waals surface area contributed by atoms with Crippen molar-refractivity contribution in [3.8, 4) is 11.3 Å². The second kappa shape index (κ2) is 8.84. The van der Waals surface area contributed by atoms with Gasteiger partial charge in [-0.05, 0) is 58.6 Å². The maximum atomic E-state index is 13.5. The third kappa shape index (κ3) is 5.15. The fourth-order valence-electron chi connectivity index (χ4n) is 4.16. The van der Waals surface area contributed by atoms with Crippen LogP contribution in [0.5, 0.6) is 0 Å². The van der Waals surface area contributed by atoms with Crippen LogP contribution in [0.3, 0.4) is 0 Å². The topological polar surface area (TPSA) is 119 Å². The largest absolute Gasteiger partial charge is 0.444 e. The molecule has 0 radical (unpaired) electrons. The van der Waals surface area contributed by atoms with E-state index in [4.69, 9.17) is 9.15 Å². The maximum Gasteiger partial charge on any atom is 0.410 e. The molecule has 0 N–H and O–H groups in total. The van der Waals surface area contributed by atoms with Gasteiger partial charge in [0.2, 0.25) is 0 Å². The summed E-state index contributed by atoms with van der Waals surface area (Å²) in [4.78, 5) is 44.3. The first-order chi connectivity index (χ1) is 15.6. The van der Waals surface area contributed by atoms with E-state index < -0.39 is 10.5 Å². The number of hydrogen-bond acceptors (Lipinski definition) is 7. The van der Waals surface area contributed by atoms with E-state index >= 15 is 0 Å². The minimum Gasteiger partial charge on any atom is -0.444 e. The van der Waals surface area contributed by atoms with Gasteiger partial charge >= 0.3 is 6.09 Å². The highest BCUT2D eigenvalue weighted by molar-refractivity contribution is 5.96. The van der Waals surface area contributed by atoms with E-state index in [1.54, 1.807) is 11.0 Å². The van der Waals surface area contributed by atoms with Crippen molar-refractivity contribution >= 4 is 17.7 Å². The molecule has 1 aliphatic heterocycles. The molecule has 33 heavy (non-hydrogen) atoms. The highest BCUT2D eigenvalue weighted by Gasteiger charge is 2.40. The first-order valence-electron chi connectivity index (χ1n) is 11.1. The lowest BCUT2D eigenvalue weighted by atomic mass is 10.0. The van der Waals surface area contributed by atoms with Crippen molar-refractivity contribution in [2.24, 2.45) is 0 Å². The summed E-state index contributed by atoms with van der Waals surface area (Å²) < 4.78 is 10.7. The van der Waals surface area contributed by atoms with E-state index in [1.165, 1.54) is 24.7 Å². The number of nitrogens with zero attached hydrogens (tertiary/aromatic N) is 4. The molecule has 176 valence electrons. The molecular formula is C23H28N4O6. The summed E-state index contributed by atoms with van der Waals surface area (Å²) in [5.41, 5.74) is -0.214. The predicted octanol–water partition coefficient (Wildman–Crippen LogP) is 4.25. The van der Waals surface area contributed by atoms with Crippen LogP contribution >= 0.6 is 0 Å². The van der Waals surface area contributed by atoms with Crippen molar-refractivity contribution in [1.29, 1.82) is 0 Å². The molecule has 2 aromatic rings. The van der Waals surface area contributed by atoms with E-state index in [1.807, 2.05) is 25.7 Å². The van der Waals surface area contributed by atoms with E-state index in [2.05, 4.69) is 4.98 Å². The zero-order chi connectivity index (χ0) is 23.8. The van der Waals surface area contributed by atoms with E-state index in [-0.39, 0.29) is 46.7 Å². The van der Waals surface area contributed by atoms with Crippen LogP contribution < -0.4 is 0 Å². The van der Waals surface area contributed by atoms with Gasteiger partial charge in [-0.25, -0.2) is 9.78 Å². The Balaban J connectivity index is 1.50. The van der Waals surface area contributed by atoms with Crippen LogP contribution in [0.25, 0.3) is 11.3 Å². The zero-order valence-corrected chi connectivity index (χ0v) is 19.0. The Hall–Kier alpha value is -3.43. The smallest absolute Gasteiger partial charge is 0.410 e. The van der Waals surface area contributed by atoms with Gasteiger partial charge in [0, 0.05) is 36.8 Å². The van der Waals surface area contributed by atoms with Gasteiger partial charge in [0.1, 0.15) is 5.60 Å². The van der Waals surface area contributed by atoms with Crippen LogP contribution in [0.1, 0.15) is 56.8 Å². The number of benzene rings is 1. The number of piperidine rings is 1. The molecule has 0 atom stereocenters. The van der Waals surface area contributed by atoms with Gasteiger partial charge in [-0.1, -0.05) is 0 Å². The molecule has 0 bridgehead atoms. The molecule has 10 heteroatoms. The highest BCUT2D eigenvalue weighted by atomic mass is 16.6. The average Bonchev–Trinajstić information content (AvgIpc) is 3.44. The van der Waals surface area contributed by atoms with Gasteiger partial charge in [0.25, 0.3) is 11.6 Å². The molecule has 1 aromatic heterocycles. The normalized spacial score (nSPS) is 17.0. The summed E-state index contributed by atoms with van der Waals surface area (Å²) in [5.74, 6) is 0.0506. The molecule has 2 amide bonds. The molecule has 2 heterocycles. The molecule has 4 rings (SSSR count). The molecule has 2 aliphatic rings. The molecule has 1 saturated carbocycles. The molecular weight excluding hydrogens is 428 g/mol. The second-order valence-electron chi connectivity index (χ2n) is 9.50. The van der Waals surface area contributed by atoms with Crippen LogP contribution in [0, 0.1) is 10.1 Å². The standard InChI is InChI=1S/C23H28N4O6/c1-23(2,3)33-22(29)25-10-8-17(9-11-25)26(16-5-6-16)21(28)15-4-7-18(19(12-15)27(30)31)20-13-24-14-32-20/h4,7,12-14,16-17H,5-6,8-11H2,1-3H3. The number of aromatic nitrogens is 1. The summed E-state index contributed by atoms with van der Waals surface area (Å²) in [6.07, 6.45) is 5.37. The van der Waals surface area contributed by atoms with Crippen molar-refractivity contribution in [2.45, 2.75) is 64.1 Å². The Morgan fingerprint density at radius 3 is 2.39 bits per heavy atom. The monoisotopic (exact) mass is 456 g/mol. The molecule has 10 nitrogen and oxygen atoms in total. The number of carbonyl (C=O) groups is 2. The highest BCUT2D eigenvalue weighted by Crippen LogP contribution is 2.36. The third-order valence-electron chi connectivity index (χ3n) is 5.82. The quantitative estimate of drug-likeness (QED) is 0.487. The fourth-order valence-corrected chi connectivity index (χ4v) is 4.16. The Kier molecular flexibility index (Phi) is 6.09. The van der Waals surface area contributed by atoms with Gasteiger partial charge in [0.05, 0.1) is 16.7 Å². The first-order valence-corrected chi connectivity index (χ1v) is 11.1. The molecule has 0 spiro atoms. The van der Waals surface area contributed by atoms with Crippen molar-refractivity contribution in [3.05, 3.63) is 46.5 Å². The Morgan fingerprint density at radius 1 is 1.18 bits per heavy atom. The molecule has 1 saturated heterocycles. The van der Waals surface area contributed by atoms with Gasteiger partial charge in [-0.2, -0.15) is 0 Å². The van der Waals surface area contributed by atoms with Crippen molar-refractivity contribution in [1.82, 2.24) is 14.8 Å². The van der Waals surface area contributed by atoms with Crippen molar-refractivity contribution in [2.75, 3.05) is 13.1 Å². The number of nitro benzene ring substituents is 1. The third-order valence-corrected chi connectivity index (χ3v) is 5.82. The van der Waals surface area contributed by atoms with E-state index in [0.29, 0.717) is 25.9 Å². The molecule has 1 aliphatic carbocycles. The van der Waals surface area contributed by atoms with E-state index in [0.717, 1.165) is 12.8 Å². The lowest BCUT2D eigenvalue weighted by Crippen LogP contribution is -2.50. The summed E-state index contributed by atoms with van der Waals surface area (Å²) in [6, 6.07) is 4.53. The van der Waals surface area contributed by atoms with E-state index in [9.17, 15) is 19.7 Å². The minimum atomic E-state index is -0.559. The van der Waals surface area contributed by atoms with Gasteiger partial charge in [-0.15, -0.1) is 0 Å². The van der Waals surface area contributed by atoms with Crippen LogP contribution in [0.2, 0.25) is 0 Å². The second-order valence-corrected chi connectivity index (χ2v) is 9.50. The van der Waals surface area contributed by atoms with Gasteiger partial charge in [0.15, 0.2) is 12.2 Å². The number of hydrogen-bond donors (Lipinski definition) is 0. The van der Waals surface area contributed by atoms with Crippen LogP contribution in [-0.2, 0) is 4.74 Å². The summed E-state index contributed by atoms with van der Waals surface area (Å²) in [5, 5.41) is 11.7. The molecule has 0 unspecified atom stereocenters. The lowest BCUT2D eigenvalue weighted by Gasteiger charge is -2.39. The average molecular weight is 456 g/mol. The number of amides is 2. The number of carbonyl (C=O) groups excluding carboxylic acids is 2. The lowest BCUT2D eigenvalue weighted by molar-refractivity contribution is -0.384. The summed E-state index contributed by atoms with van der Waals surface area (Å²) in [6.45, 7) is 6.50.